The predicted molar refractivity (Wildman–Crippen MR) is 116 cm³/mol. The molecule has 0 aliphatic heterocycles. The lowest BCUT2D eigenvalue weighted by molar-refractivity contribution is 0.336. The van der Waals surface area contributed by atoms with Crippen LogP contribution in [0.5, 0.6) is 0 Å². The molecule has 29 heavy (non-hydrogen) atoms. The van der Waals surface area contributed by atoms with Gasteiger partial charge in [0.05, 0.1) is 11.4 Å². The summed E-state index contributed by atoms with van der Waals surface area (Å²) in [5.41, 5.74) is 4.66. The SMILES string of the molecule is Cc1ccc(S(=O)(=O)N(Cc2nccn2Cc2cc(C)ccc2C)C(C)C)cc1. The molecule has 0 fully saturated rings. The van der Waals surface area contributed by atoms with Gasteiger partial charge in [0, 0.05) is 25.0 Å². The van der Waals surface area contributed by atoms with Gasteiger partial charge in [-0.05, 0) is 57.9 Å². The van der Waals surface area contributed by atoms with Crippen molar-refractivity contribution in [3.8, 4) is 0 Å². The smallest absolute Gasteiger partial charge is 0.243 e. The number of aromatic nitrogens is 2. The van der Waals surface area contributed by atoms with Crippen molar-refractivity contribution in [1.82, 2.24) is 13.9 Å². The zero-order valence-corrected chi connectivity index (χ0v) is 18.6. The molecule has 154 valence electrons. The van der Waals surface area contributed by atoms with Crippen LogP contribution in [0, 0.1) is 20.8 Å². The Kier molecular flexibility index (Phi) is 6.24. The van der Waals surface area contributed by atoms with E-state index in [0.717, 1.165) is 11.4 Å². The third-order valence-corrected chi connectivity index (χ3v) is 7.18. The molecule has 0 bridgehead atoms. The Hall–Kier alpha value is -2.44. The van der Waals surface area contributed by atoms with Gasteiger partial charge >= 0.3 is 0 Å². The van der Waals surface area contributed by atoms with E-state index in [1.54, 1.807) is 18.3 Å². The van der Waals surface area contributed by atoms with Crippen LogP contribution >= 0.6 is 0 Å². The molecule has 3 rings (SSSR count). The minimum absolute atomic E-state index is 0.188. The topological polar surface area (TPSA) is 55.2 Å². The summed E-state index contributed by atoms with van der Waals surface area (Å²) in [5, 5.41) is 0. The zero-order chi connectivity index (χ0) is 21.2. The summed E-state index contributed by atoms with van der Waals surface area (Å²) < 4.78 is 30.1. The Morgan fingerprint density at radius 3 is 2.31 bits per heavy atom. The second kappa shape index (κ2) is 8.51. The van der Waals surface area contributed by atoms with Crippen LogP contribution in [0.25, 0.3) is 0 Å². The zero-order valence-electron chi connectivity index (χ0n) is 17.8. The lowest BCUT2D eigenvalue weighted by Crippen LogP contribution is -2.37. The number of rotatable bonds is 7. The first-order chi connectivity index (χ1) is 13.7. The molecule has 0 atom stereocenters. The van der Waals surface area contributed by atoms with Crippen molar-refractivity contribution < 1.29 is 8.42 Å². The number of imidazole rings is 1. The summed E-state index contributed by atoms with van der Waals surface area (Å²) in [7, 11) is -3.62. The van der Waals surface area contributed by atoms with E-state index in [9.17, 15) is 8.42 Å². The van der Waals surface area contributed by atoms with Crippen LogP contribution in [-0.4, -0.2) is 28.3 Å². The summed E-state index contributed by atoms with van der Waals surface area (Å²) in [6.45, 7) is 10.8. The van der Waals surface area contributed by atoms with Crippen molar-refractivity contribution in [1.29, 1.82) is 0 Å². The standard InChI is InChI=1S/C23H29N3O2S/c1-17(2)26(29(27,28)22-10-7-18(3)8-11-22)16-23-24-12-13-25(23)15-21-14-19(4)6-9-20(21)5/h6-14,17H,15-16H2,1-5H3. The quantitative estimate of drug-likeness (QED) is 0.577. The molecule has 1 aromatic heterocycles. The molecule has 0 saturated heterocycles. The maximum Gasteiger partial charge on any atom is 0.243 e. The molecule has 0 saturated carbocycles. The Morgan fingerprint density at radius 2 is 1.66 bits per heavy atom. The molecule has 5 nitrogen and oxygen atoms in total. The molecule has 1 heterocycles. The molecule has 0 aliphatic carbocycles. The number of hydrogen-bond donors (Lipinski definition) is 0. The largest absolute Gasteiger partial charge is 0.329 e. The van der Waals surface area contributed by atoms with Crippen molar-refractivity contribution in [2.45, 2.75) is 58.6 Å². The molecule has 0 unspecified atom stereocenters. The van der Waals surface area contributed by atoms with Crippen molar-refractivity contribution >= 4 is 10.0 Å². The fourth-order valence-electron chi connectivity index (χ4n) is 3.32. The highest BCUT2D eigenvalue weighted by Crippen LogP contribution is 2.22. The van der Waals surface area contributed by atoms with Crippen LogP contribution in [-0.2, 0) is 23.1 Å². The fraction of sp³-hybridized carbons (Fsp3) is 0.348. The van der Waals surface area contributed by atoms with Gasteiger partial charge in [-0.3, -0.25) is 0 Å². The normalized spacial score (nSPS) is 12.1. The van der Waals surface area contributed by atoms with Gasteiger partial charge in [0.15, 0.2) is 0 Å². The predicted octanol–water partition coefficient (Wildman–Crippen LogP) is 4.46. The number of nitrogens with zero attached hydrogens (tertiary/aromatic N) is 3. The van der Waals surface area contributed by atoms with Crippen molar-refractivity contribution in [3.63, 3.8) is 0 Å². The maximum atomic E-state index is 13.3. The average Bonchev–Trinajstić information content (AvgIpc) is 3.09. The van der Waals surface area contributed by atoms with Crippen LogP contribution in [0.15, 0.2) is 59.8 Å². The Balaban J connectivity index is 1.90. The number of aryl methyl sites for hydroxylation is 3. The molecule has 0 spiro atoms. The van der Waals surface area contributed by atoms with Crippen LogP contribution in [0.3, 0.4) is 0 Å². The van der Waals surface area contributed by atoms with Gasteiger partial charge in [-0.1, -0.05) is 41.5 Å². The second-order valence-corrected chi connectivity index (χ2v) is 9.75. The molecular formula is C23H29N3O2S. The van der Waals surface area contributed by atoms with Gasteiger partial charge in [-0.25, -0.2) is 13.4 Å². The van der Waals surface area contributed by atoms with E-state index in [0.29, 0.717) is 11.4 Å². The van der Waals surface area contributed by atoms with Crippen LogP contribution in [0.1, 0.15) is 41.9 Å². The van der Waals surface area contributed by atoms with Gasteiger partial charge < -0.3 is 4.57 Å². The molecule has 0 N–H and O–H groups in total. The van der Waals surface area contributed by atoms with Crippen LogP contribution < -0.4 is 0 Å². The summed E-state index contributed by atoms with van der Waals surface area (Å²) in [6.07, 6.45) is 3.64. The van der Waals surface area contributed by atoms with Crippen molar-refractivity contribution in [2.24, 2.45) is 0 Å². The Morgan fingerprint density at radius 1 is 1.00 bits per heavy atom. The van der Waals surface area contributed by atoms with Gasteiger partial charge in [-0.15, -0.1) is 0 Å². The highest BCUT2D eigenvalue weighted by molar-refractivity contribution is 7.89. The Labute approximate surface area is 174 Å². The van der Waals surface area contributed by atoms with E-state index in [2.05, 4.69) is 37.0 Å². The fourth-order valence-corrected chi connectivity index (χ4v) is 4.91. The van der Waals surface area contributed by atoms with E-state index < -0.39 is 10.0 Å². The summed E-state index contributed by atoms with van der Waals surface area (Å²) in [6, 6.07) is 13.2. The molecule has 6 heteroatoms. The van der Waals surface area contributed by atoms with Gasteiger partial charge in [-0.2, -0.15) is 4.31 Å². The highest BCUT2D eigenvalue weighted by atomic mass is 32.2. The maximum absolute atomic E-state index is 13.3. The lowest BCUT2D eigenvalue weighted by Gasteiger charge is -2.26. The first kappa shape index (κ1) is 21.3. The molecule has 0 aliphatic rings. The van der Waals surface area contributed by atoms with Crippen LogP contribution in [0.4, 0.5) is 0 Å². The van der Waals surface area contributed by atoms with Gasteiger partial charge in [0.1, 0.15) is 5.82 Å². The van der Waals surface area contributed by atoms with Gasteiger partial charge in [0.25, 0.3) is 0 Å². The van der Waals surface area contributed by atoms with Gasteiger partial charge in [0.2, 0.25) is 10.0 Å². The number of sulfonamides is 1. The number of hydrogen-bond acceptors (Lipinski definition) is 3. The average molecular weight is 412 g/mol. The molecule has 3 aromatic rings. The first-order valence-corrected chi connectivity index (χ1v) is 11.3. The monoisotopic (exact) mass is 411 g/mol. The van der Waals surface area contributed by atoms with E-state index in [-0.39, 0.29) is 12.6 Å². The van der Waals surface area contributed by atoms with Crippen LogP contribution in [0.2, 0.25) is 0 Å². The Bertz CT molecular complexity index is 1080. The second-order valence-electron chi connectivity index (χ2n) is 7.86. The minimum Gasteiger partial charge on any atom is -0.329 e. The van der Waals surface area contributed by atoms with Crippen molar-refractivity contribution in [2.75, 3.05) is 0 Å². The summed E-state index contributed by atoms with van der Waals surface area (Å²) in [4.78, 5) is 4.77. The molecular weight excluding hydrogens is 382 g/mol. The summed E-state index contributed by atoms with van der Waals surface area (Å²) in [5.74, 6) is 0.732. The van der Waals surface area contributed by atoms with E-state index >= 15 is 0 Å². The lowest BCUT2D eigenvalue weighted by atomic mass is 10.1. The van der Waals surface area contributed by atoms with E-state index in [1.165, 1.54) is 21.0 Å². The molecule has 0 radical (unpaired) electrons. The first-order valence-electron chi connectivity index (χ1n) is 9.83. The number of benzene rings is 2. The molecule has 2 aromatic carbocycles. The highest BCUT2D eigenvalue weighted by Gasteiger charge is 2.28. The minimum atomic E-state index is -3.62. The van der Waals surface area contributed by atoms with E-state index in [1.807, 2.05) is 43.7 Å². The third-order valence-electron chi connectivity index (χ3n) is 5.15. The van der Waals surface area contributed by atoms with E-state index in [4.69, 9.17) is 0 Å². The third kappa shape index (κ3) is 4.77. The summed E-state index contributed by atoms with van der Waals surface area (Å²) >= 11 is 0. The molecule has 0 amide bonds. The van der Waals surface area contributed by atoms with Crippen molar-refractivity contribution in [3.05, 3.63) is 82.9 Å².